The highest BCUT2D eigenvalue weighted by molar-refractivity contribution is 8.00. The minimum atomic E-state index is -0.943. The zero-order valence-corrected chi connectivity index (χ0v) is 11.4. The summed E-state index contributed by atoms with van der Waals surface area (Å²) < 4.78 is 5.57. The molecule has 1 aromatic rings. The number of aromatic carboxylic acids is 1. The Kier molecular flexibility index (Phi) is 4.35. The molecule has 1 fully saturated rings. The standard InChI is InChI=1S/C13H19NO3S/c1-18-13(4-2-3-5-13)9-14-7-11-6-10(8-17-11)12(15)16/h6,8,14H,2-5,7,9H2,1H3,(H,15,16). The fourth-order valence-corrected chi connectivity index (χ4v) is 3.41. The molecule has 2 rings (SSSR count). The lowest BCUT2D eigenvalue weighted by Gasteiger charge is -2.26. The molecule has 1 aromatic heterocycles. The minimum Gasteiger partial charge on any atom is -0.478 e. The van der Waals surface area contributed by atoms with Crippen molar-refractivity contribution < 1.29 is 14.3 Å². The molecular formula is C13H19NO3S. The average Bonchev–Trinajstić information content (AvgIpc) is 2.98. The van der Waals surface area contributed by atoms with Crippen LogP contribution in [-0.2, 0) is 6.54 Å². The van der Waals surface area contributed by atoms with Crippen molar-refractivity contribution in [1.29, 1.82) is 0 Å². The summed E-state index contributed by atoms with van der Waals surface area (Å²) in [6.45, 7) is 1.55. The molecule has 0 aliphatic heterocycles. The highest BCUT2D eigenvalue weighted by atomic mass is 32.2. The third-order valence-electron chi connectivity index (χ3n) is 3.59. The Hall–Kier alpha value is -0.940. The molecule has 1 aliphatic carbocycles. The maximum atomic E-state index is 10.7. The van der Waals surface area contributed by atoms with Crippen LogP contribution >= 0.6 is 11.8 Å². The summed E-state index contributed by atoms with van der Waals surface area (Å²) in [4.78, 5) is 10.7. The van der Waals surface area contributed by atoms with Gasteiger partial charge in [0.2, 0.25) is 0 Å². The van der Waals surface area contributed by atoms with Crippen molar-refractivity contribution in [3.63, 3.8) is 0 Å². The molecule has 0 saturated heterocycles. The number of carboxylic acid groups (broad SMARTS) is 1. The van der Waals surface area contributed by atoms with E-state index in [1.165, 1.54) is 31.9 Å². The van der Waals surface area contributed by atoms with Gasteiger partial charge < -0.3 is 14.8 Å². The largest absolute Gasteiger partial charge is 0.478 e. The minimum absolute atomic E-state index is 0.215. The molecule has 1 saturated carbocycles. The quantitative estimate of drug-likeness (QED) is 0.831. The first-order chi connectivity index (χ1) is 8.65. The lowest BCUT2D eigenvalue weighted by atomic mass is 10.1. The van der Waals surface area contributed by atoms with E-state index in [0.29, 0.717) is 17.1 Å². The first-order valence-electron chi connectivity index (χ1n) is 6.22. The van der Waals surface area contributed by atoms with Crippen molar-refractivity contribution in [3.8, 4) is 0 Å². The van der Waals surface area contributed by atoms with Crippen LogP contribution in [0.5, 0.6) is 0 Å². The van der Waals surface area contributed by atoms with Crippen molar-refractivity contribution in [1.82, 2.24) is 5.32 Å². The summed E-state index contributed by atoms with van der Waals surface area (Å²) in [7, 11) is 0. The molecule has 0 unspecified atom stereocenters. The first kappa shape index (κ1) is 13.5. The molecule has 5 heteroatoms. The molecule has 2 N–H and O–H groups in total. The van der Waals surface area contributed by atoms with Gasteiger partial charge in [-0.1, -0.05) is 12.8 Å². The molecule has 1 heterocycles. The summed E-state index contributed by atoms with van der Waals surface area (Å²) in [6.07, 6.45) is 8.61. The smallest absolute Gasteiger partial charge is 0.338 e. The predicted octanol–water partition coefficient (Wildman–Crippen LogP) is 2.74. The maximum absolute atomic E-state index is 10.7. The van der Waals surface area contributed by atoms with Crippen LogP contribution in [0.3, 0.4) is 0 Å². The summed E-state index contributed by atoms with van der Waals surface area (Å²) in [5.74, 6) is -0.261. The Morgan fingerprint density at radius 2 is 2.28 bits per heavy atom. The van der Waals surface area contributed by atoms with Gasteiger partial charge in [-0.3, -0.25) is 0 Å². The van der Waals surface area contributed by atoms with Gasteiger partial charge in [-0.15, -0.1) is 0 Å². The molecule has 0 amide bonds. The fraction of sp³-hybridized carbons (Fsp3) is 0.615. The van der Waals surface area contributed by atoms with E-state index < -0.39 is 5.97 Å². The molecule has 0 spiro atoms. The summed E-state index contributed by atoms with van der Waals surface area (Å²) in [5.41, 5.74) is 0.215. The van der Waals surface area contributed by atoms with Gasteiger partial charge in [0, 0.05) is 11.3 Å². The number of rotatable bonds is 6. The molecule has 0 atom stereocenters. The van der Waals surface area contributed by atoms with Gasteiger partial charge >= 0.3 is 5.97 Å². The van der Waals surface area contributed by atoms with E-state index in [0.717, 1.165) is 6.54 Å². The number of carboxylic acids is 1. The Morgan fingerprint density at radius 3 is 2.83 bits per heavy atom. The van der Waals surface area contributed by atoms with Crippen LogP contribution in [0, 0.1) is 0 Å². The van der Waals surface area contributed by atoms with Gasteiger partial charge in [-0.2, -0.15) is 11.8 Å². The molecule has 4 nitrogen and oxygen atoms in total. The fourth-order valence-electron chi connectivity index (χ4n) is 2.47. The van der Waals surface area contributed by atoms with Gasteiger partial charge in [-0.25, -0.2) is 4.79 Å². The SMILES string of the molecule is CSC1(CNCc2cc(C(=O)O)co2)CCCC1. The van der Waals surface area contributed by atoms with E-state index in [2.05, 4.69) is 11.6 Å². The number of hydrogen-bond donors (Lipinski definition) is 2. The summed E-state index contributed by atoms with van der Waals surface area (Å²) >= 11 is 1.94. The van der Waals surface area contributed by atoms with E-state index >= 15 is 0 Å². The second-order valence-electron chi connectivity index (χ2n) is 4.80. The van der Waals surface area contributed by atoms with E-state index in [-0.39, 0.29) is 5.56 Å². The van der Waals surface area contributed by atoms with Crippen LogP contribution < -0.4 is 5.32 Å². The van der Waals surface area contributed by atoms with Gasteiger partial charge in [0.15, 0.2) is 0 Å². The van der Waals surface area contributed by atoms with Gasteiger partial charge in [0.05, 0.1) is 12.1 Å². The number of nitrogens with one attached hydrogen (secondary N) is 1. The second kappa shape index (κ2) is 5.80. The van der Waals surface area contributed by atoms with Crippen molar-refractivity contribution >= 4 is 17.7 Å². The van der Waals surface area contributed by atoms with Crippen LogP contribution in [0.4, 0.5) is 0 Å². The van der Waals surface area contributed by atoms with Crippen molar-refractivity contribution in [3.05, 3.63) is 23.7 Å². The van der Waals surface area contributed by atoms with Crippen LogP contribution in [0.1, 0.15) is 41.8 Å². The molecule has 0 radical (unpaired) electrons. The number of furan rings is 1. The third kappa shape index (κ3) is 3.09. The van der Waals surface area contributed by atoms with Crippen molar-refractivity contribution in [2.24, 2.45) is 0 Å². The predicted molar refractivity (Wildman–Crippen MR) is 72.1 cm³/mol. The van der Waals surface area contributed by atoms with Crippen molar-refractivity contribution in [2.45, 2.75) is 37.0 Å². The molecular weight excluding hydrogens is 250 g/mol. The van der Waals surface area contributed by atoms with Crippen molar-refractivity contribution in [2.75, 3.05) is 12.8 Å². The monoisotopic (exact) mass is 269 g/mol. The average molecular weight is 269 g/mol. The Balaban J connectivity index is 1.82. The Bertz CT molecular complexity index is 410. The van der Waals surface area contributed by atoms with Gasteiger partial charge in [0.1, 0.15) is 12.0 Å². The molecule has 0 aromatic carbocycles. The molecule has 0 bridgehead atoms. The highest BCUT2D eigenvalue weighted by Gasteiger charge is 2.32. The zero-order valence-electron chi connectivity index (χ0n) is 10.6. The van der Waals surface area contributed by atoms with Crippen LogP contribution in [-0.4, -0.2) is 28.6 Å². The van der Waals surface area contributed by atoms with E-state index in [9.17, 15) is 4.79 Å². The third-order valence-corrected chi connectivity index (χ3v) is 5.01. The normalized spacial score (nSPS) is 18.1. The first-order valence-corrected chi connectivity index (χ1v) is 7.44. The van der Waals surface area contributed by atoms with Gasteiger partial charge in [-0.05, 0) is 25.2 Å². The van der Waals surface area contributed by atoms with E-state index in [1.807, 2.05) is 11.8 Å². The van der Waals surface area contributed by atoms with Crippen LogP contribution in [0.15, 0.2) is 16.7 Å². The van der Waals surface area contributed by atoms with Crippen LogP contribution in [0.2, 0.25) is 0 Å². The number of carbonyl (C=O) groups is 1. The highest BCUT2D eigenvalue weighted by Crippen LogP contribution is 2.39. The lowest BCUT2D eigenvalue weighted by molar-refractivity contribution is 0.0696. The Labute approximate surface area is 111 Å². The Morgan fingerprint density at radius 1 is 1.56 bits per heavy atom. The topological polar surface area (TPSA) is 62.5 Å². The molecule has 1 aliphatic rings. The number of thioether (sulfide) groups is 1. The maximum Gasteiger partial charge on any atom is 0.338 e. The summed E-state index contributed by atoms with van der Waals surface area (Å²) in [6, 6.07) is 1.58. The molecule has 100 valence electrons. The van der Waals surface area contributed by atoms with E-state index in [1.54, 1.807) is 6.07 Å². The number of hydrogen-bond acceptors (Lipinski definition) is 4. The van der Waals surface area contributed by atoms with E-state index in [4.69, 9.17) is 9.52 Å². The molecule has 18 heavy (non-hydrogen) atoms. The lowest BCUT2D eigenvalue weighted by Crippen LogP contribution is -2.34. The second-order valence-corrected chi connectivity index (χ2v) is 6.08. The van der Waals surface area contributed by atoms with Gasteiger partial charge in [0.25, 0.3) is 0 Å². The zero-order chi connectivity index (χ0) is 13.0. The van der Waals surface area contributed by atoms with Crippen LogP contribution in [0.25, 0.3) is 0 Å². The summed E-state index contributed by atoms with van der Waals surface area (Å²) in [5, 5.41) is 12.2.